The van der Waals surface area contributed by atoms with Crippen molar-refractivity contribution in [2.45, 2.75) is 26.7 Å². The topological polar surface area (TPSA) is 36.4 Å². The Kier molecular flexibility index (Phi) is 5.01. The van der Waals surface area contributed by atoms with Gasteiger partial charge in [-0.3, -0.25) is 4.79 Å². The van der Waals surface area contributed by atoms with Crippen LogP contribution in [0.25, 0.3) is 10.6 Å². The van der Waals surface area contributed by atoms with Crippen molar-refractivity contribution in [2.24, 2.45) is 0 Å². The zero-order valence-corrected chi connectivity index (χ0v) is 15.7. The minimum Gasteiger partial charge on any atom is -0.335 e. The molecule has 1 amide bonds. The van der Waals surface area contributed by atoms with Crippen LogP contribution >= 0.6 is 11.3 Å². The second-order valence-electron chi connectivity index (χ2n) is 6.81. The lowest BCUT2D eigenvalue weighted by molar-refractivity contribution is 0.0668. The largest absolute Gasteiger partial charge is 0.335 e. The Morgan fingerprint density at radius 2 is 1.75 bits per heavy atom. The highest BCUT2D eigenvalue weighted by Crippen LogP contribution is 2.30. The van der Waals surface area contributed by atoms with Gasteiger partial charge in [0.1, 0.15) is 9.88 Å². The third-order valence-corrected chi connectivity index (χ3v) is 5.80. The molecule has 0 aliphatic carbocycles. The Balaban J connectivity index is 1.80. The molecule has 24 heavy (non-hydrogen) atoms. The summed E-state index contributed by atoms with van der Waals surface area (Å²) in [4.78, 5) is 22.4. The summed E-state index contributed by atoms with van der Waals surface area (Å²) in [5.74, 6) is 0.648. The van der Waals surface area contributed by atoms with Crippen LogP contribution in [0.2, 0.25) is 0 Å². The lowest BCUT2D eigenvalue weighted by Gasteiger charge is -2.32. The molecule has 0 unspecified atom stereocenters. The molecule has 128 valence electrons. The van der Waals surface area contributed by atoms with Crippen molar-refractivity contribution >= 4 is 17.2 Å². The van der Waals surface area contributed by atoms with Crippen LogP contribution in [0, 0.1) is 6.92 Å². The lowest BCUT2D eigenvalue weighted by atomic mass is 10.0. The van der Waals surface area contributed by atoms with E-state index in [9.17, 15) is 4.79 Å². The van der Waals surface area contributed by atoms with E-state index in [4.69, 9.17) is 0 Å². The van der Waals surface area contributed by atoms with Gasteiger partial charge in [-0.25, -0.2) is 4.98 Å². The van der Waals surface area contributed by atoms with Gasteiger partial charge in [0.2, 0.25) is 0 Å². The highest BCUT2D eigenvalue weighted by atomic mass is 32.1. The minimum atomic E-state index is 0.128. The number of aromatic nitrogens is 1. The van der Waals surface area contributed by atoms with Crippen molar-refractivity contribution in [3.63, 3.8) is 0 Å². The highest BCUT2D eigenvalue weighted by molar-refractivity contribution is 7.17. The molecule has 1 aliphatic rings. The number of benzene rings is 1. The molecule has 3 rings (SSSR count). The first kappa shape index (κ1) is 17.1. The maximum absolute atomic E-state index is 12.8. The van der Waals surface area contributed by atoms with E-state index in [1.807, 2.05) is 11.8 Å². The standard InChI is InChI=1S/C19H25N3OS/c1-13(2)15-5-7-16(8-6-15)18-20-14(3)17(24-18)19(23)22-11-9-21(4)10-12-22/h5-8,13H,9-12H2,1-4H3. The molecule has 0 spiro atoms. The van der Waals surface area contributed by atoms with Crippen LogP contribution in [0.4, 0.5) is 0 Å². The van der Waals surface area contributed by atoms with Gasteiger partial charge in [0.15, 0.2) is 0 Å². The van der Waals surface area contributed by atoms with Gasteiger partial charge in [0.05, 0.1) is 5.69 Å². The summed E-state index contributed by atoms with van der Waals surface area (Å²) in [7, 11) is 2.10. The molecule has 2 heterocycles. The molecule has 0 saturated carbocycles. The molecule has 0 atom stereocenters. The molecular weight excluding hydrogens is 318 g/mol. The van der Waals surface area contributed by atoms with E-state index in [2.05, 4.69) is 55.0 Å². The van der Waals surface area contributed by atoms with Crippen molar-refractivity contribution in [3.05, 3.63) is 40.4 Å². The number of piperazine rings is 1. The Labute approximate surface area is 148 Å². The normalized spacial score (nSPS) is 16.0. The smallest absolute Gasteiger partial charge is 0.265 e. The van der Waals surface area contributed by atoms with Crippen LogP contribution in [-0.4, -0.2) is 53.9 Å². The summed E-state index contributed by atoms with van der Waals surface area (Å²) >= 11 is 1.51. The maximum Gasteiger partial charge on any atom is 0.265 e. The number of nitrogens with zero attached hydrogens (tertiary/aromatic N) is 3. The molecule has 0 N–H and O–H groups in total. The molecular formula is C19H25N3OS. The number of amides is 1. The van der Waals surface area contributed by atoms with Crippen LogP contribution in [0.15, 0.2) is 24.3 Å². The predicted molar refractivity (Wildman–Crippen MR) is 99.8 cm³/mol. The van der Waals surface area contributed by atoms with E-state index in [1.165, 1.54) is 16.9 Å². The fraction of sp³-hybridized carbons (Fsp3) is 0.474. The van der Waals surface area contributed by atoms with E-state index < -0.39 is 0 Å². The van der Waals surface area contributed by atoms with Gasteiger partial charge in [-0.05, 0) is 25.5 Å². The van der Waals surface area contributed by atoms with Gasteiger partial charge in [-0.2, -0.15) is 0 Å². The minimum absolute atomic E-state index is 0.128. The van der Waals surface area contributed by atoms with Gasteiger partial charge < -0.3 is 9.80 Å². The van der Waals surface area contributed by atoms with Gasteiger partial charge >= 0.3 is 0 Å². The SMILES string of the molecule is Cc1nc(-c2ccc(C(C)C)cc2)sc1C(=O)N1CCN(C)CC1. The van der Waals surface area contributed by atoms with Gasteiger partial charge in [0.25, 0.3) is 5.91 Å². The molecule has 4 nitrogen and oxygen atoms in total. The summed E-state index contributed by atoms with van der Waals surface area (Å²) < 4.78 is 0. The van der Waals surface area contributed by atoms with Crippen molar-refractivity contribution in [1.82, 2.24) is 14.8 Å². The number of rotatable bonds is 3. The van der Waals surface area contributed by atoms with Crippen LogP contribution in [0.1, 0.15) is 40.7 Å². The second kappa shape index (κ2) is 7.03. The first-order chi connectivity index (χ1) is 11.5. The van der Waals surface area contributed by atoms with Crippen molar-refractivity contribution in [3.8, 4) is 10.6 Å². The third-order valence-electron chi connectivity index (χ3n) is 4.61. The summed E-state index contributed by atoms with van der Waals surface area (Å²) in [6, 6.07) is 8.52. The quantitative estimate of drug-likeness (QED) is 0.854. The monoisotopic (exact) mass is 343 g/mol. The van der Waals surface area contributed by atoms with E-state index >= 15 is 0 Å². The third kappa shape index (κ3) is 3.52. The number of aryl methyl sites for hydroxylation is 1. The highest BCUT2D eigenvalue weighted by Gasteiger charge is 2.24. The lowest BCUT2D eigenvalue weighted by Crippen LogP contribution is -2.47. The van der Waals surface area contributed by atoms with Crippen LogP contribution in [0.5, 0.6) is 0 Å². The summed E-state index contributed by atoms with van der Waals surface area (Å²) in [6.07, 6.45) is 0. The van der Waals surface area contributed by atoms with Crippen LogP contribution in [-0.2, 0) is 0 Å². The van der Waals surface area contributed by atoms with Gasteiger partial charge in [-0.15, -0.1) is 11.3 Å². The molecule has 0 bridgehead atoms. The Morgan fingerprint density at radius 3 is 2.33 bits per heavy atom. The number of thiazole rings is 1. The fourth-order valence-electron chi connectivity index (χ4n) is 2.88. The molecule has 2 aromatic rings. The first-order valence-corrected chi connectivity index (χ1v) is 9.33. The van der Waals surface area contributed by atoms with E-state index in [-0.39, 0.29) is 5.91 Å². The zero-order valence-electron chi connectivity index (χ0n) is 14.9. The molecule has 1 fully saturated rings. The Bertz CT molecular complexity index is 713. The van der Waals surface area contributed by atoms with E-state index in [1.54, 1.807) is 0 Å². The van der Waals surface area contributed by atoms with Crippen molar-refractivity contribution < 1.29 is 4.79 Å². The second-order valence-corrected chi connectivity index (χ2v) is 7.80. The van der Waals surface area contributed by atoms with Gasteiger partial charge in [-0.1, -0.05) is 38.1 Å². The molecule has 5 heteroatoms. The average molecular weight is 343 g/mol. The number of carbonyl (C=O) groups excluding carboxylic acids is 1. The van der Waals surface area contributed by atoms with E-state index in [0.29, 0.717) is 5.92 Å². The average Bonchev–Trinajstić information content (AvgIpc) is 2.97. The summed E-state index contributed by atoms with van der Waals surface area (Å²) in [6.45, 7) is 9.78. The first-order valence-electron chi connectivity index (χ1n) is 8.51. The number of carbonyl (C=O) groups is 1. The summed E-state index contributed by atoms with van der Waals surface area (Å²) in [5.41, 5.74) is 3.25. The van der Waals surface area contributed by atoms with Crippen LogP contribution < -0.4 is 0 Å². The Morgan fingerprint density at radius 1 is 1.12 bits per heavy atom. The molecule has 0 radical (unpaired) electrons. The number of likely N-dealkylation sites (N-methyl/N-ethyl adjacent to an activating group) is 1. The summed E-state index contributed by atoms with van der Waals surface area (Å²) in [5, 5.41) is 0.931. The zero-order chi connectivity index (χ0) is 17.3. The number of hydrogen-bond acceptors (Lipinski definition) is 4. The van der Waals surface area contributed by atoms with Crippen molar-refractivity contribution in [2.75, 3.05) is 33.2 Å². The van der Waals surface area contributed by atoms with Crippen molar-refractivity contribution in [1.29, 1.82) is 0 Å². The fourth-order valence-corrected chi connectivity index (χ4v) is 3.92. The van der Waals surface area contributed by atoms with E-state index in [0.717, 1.165) is 47.3 Å². The molecule has 1 aromatic heterocycles. The maximum atomic E-state index is 12.8. The van der Waals surface area contributed by atoms with Gasteiger partial charge in [0, 0.05) is 31.7 Å². The van der Waals surface area contributed by atoms with Crippen LogP contribution in [0.3, 0.4) is 0 Å². The predicted octanol–water partition coefficient (Wildman–Crippen LogP) is 3.63. The molecule has 1 aliphatic heterocycles. The Hall–Kier alpha value is -1.72. The molecule has 1 saturated heterocycles. The number of hydrogen-bond donors (Lipinski definition) is 0. The molecule has 1 aromatic carbocycles.